The molecule has 2 aliphatic carbocycles. The van der Waals surface area contributed by atoms with E-state index in [-0.39, 0.29) is 0 Å². The average Bonchev–Trinajstić information content (AvgIpc) is 2.83. The number of hydrogen-bond donors (Lipinski definition) is 0. The normalized spacial score (nSPS) is 26.9. The first kappa shape index (κ1) is 23.0. The molecule has 0 bridgehead atoms. The van der Waals surface area contributed by atoms with Crippen LogP contribution >= 0.6 is 0 Å². The molecular weight excluding hydrogens is 416 g/mol. The van der Waals surface area contributed by atoms with E-state index in [2.05, 4.69) is 0 Å². The van der Waals surface area contributed by atoms with E-state index < -0.39 is 47.0 Å². The molecule has 0 N–H and O–H groups in total. The molecule has 0 aliphatic heterocycles. The Morgan fingerprint density at radius 3 is 2.03 bits per heavy atom. The summed E-state index contributed by atoms with van der Waals surface area (Å²) in [6, 6.07) is 6.80. The number of allylic oxidation sites excluding steroid dienone is 5. The highest BCUT2D eigenvalue weighted by Crippen LogP contribution is 2.60. The average molecular weight is 440 g/mol. The number of methoxy groups -OCH3 is 4. The van der Waals surface area contributed by atoms with E-state index in [0.717, 1.165) is 0 Å². The van der Waals surface area contributed by atoms with Crippen molar-refractivity contribution in [2.75, 3.05) is 28.4 Å². The predicted octanol–water partition coefficient (Wildman–Crippen LogP) is 2.21. The summed E-state index contributed by atoms with van der Waals surface area (Å²) in [6.45, 7) is 0. The fourth-order valence-corrected chi connectivity index (χ4v) is 4.76. The summed E-state index contributed by atoms with van der Waals surface area (Å²) in [5, 5.41) is 0. The van der Waals surface area contributed by atoms with Gasteiger partial charge in [0.25, 0.3) is 0 Å². The Morgan fingerprint density at radius 2 is 1.44 bits per heavy atom. The summed E-state index contributed by atoms with van der Waals surface area (Å²) in [6.07, 6.45) is 7.76. The maximum atomic E-state index is 13.3. The molecule has 168 valence electrons. The Morgan fingerprint density at radius 1 is 0.812 bits per heavy atom. The summed E-state index contributed by atoms with van der Waals surface area (Å²) in [5.74, 6) is -6.09. The van der Waals surface area contributed by atoms with Crippen LogP contribution in [0, 0.1) is 11.3 Å². The number of hydrogen-bond acceptors (Lipinski definition) is 8. The van der Waals surface area contributed by atoms with Gasteiger partial charge < -0.3 is 18.9 Å². The van der Waals surface area contributed by atoms with Crippen LogP contribution in [0.5, 0.6) is 0 Å². The van der Waals surface area contributed by atoms with E-state index in [4.69, 9.17) is 18.9 Å². The monoisotopic (exact) mass is 440 g/mol. The topological polar surface area (TPSA) is 105 Å². The van der Waals surface area contributed by atoms with Crippen molar-refractivity contribution in [3.63, 3.8) is 0 Å². The van der Waals surface area contributed by atoms with Crippen molar-refractivity contribution < 1.29 is 38.1 Å². The Kier molecular flexibility index (Phi) is 6.62. The second kappa shape index (κ2) is 9.21. The Labute approximate surface area is 185 Å². The second-order valence-corrected chi connectivity index (χ2v) is 7.36. The smallest absolute Gasteiger partial charge is 0.330 e. The number of fused-ring (bicyclic) bond motifs is 1. The lowest BCUT2D eigenvalue weighted by molar-refractivity contribution is -0.161. The van der Waals surface area contributed by atoms with Crippen molar-refractivity contribution in [3.05, 3.63) is 71.3 Å². The highest BCUT2D eigenvalue weighted by Gasteiger charge is 2.62. The third-order valence-corrected chi connectivity index (χ3v) is 6.05. The summed E-state index contributed by atoms with van der Waals surface area (Å²) in [7, 11) is 4.88. The zero-order valence-electron chi connectivity index (χ0n) is 18.2. The summed E-state index contributed by atoms with van der Waals surface area (Å²) < 4.78 is 20.1. The Bertz CT molecular complexity index is 1030. The molecule has 0 radical (unpaired) electrons. The van der Waals surface area contributed by atoms with Crippen molar-refractivity contribution in [2.24, 2.45) is 11.3 Å². The molecule has 4 unspecified atom stereocenters. The number of carbonyl (C=O) groups excluding carboxylic acids is 4. The first-order chi connectivity index (χ1) is 15.4. The number of ether oxygens (including phenoxy) is 4. The van der Waals surface area contributed by atoms with Gasteiger partial charge in [-0.15, -0.1) is 0 Å². The third kappa shape index (κ3) is 3.51. The maximum absolute atomic E-state index is 13.3. The summed E-state index contributed by atoms with van der Waals surface area (Å²) in [4.78, 5) is 51.7. The van der Waals surface area contributed by atoms with Crippen molar-refractivity contribution >= 4 is 23.9 Å². The molecule has 8 heteroatoms. The zero-order valence-corrected chi connectivity index (χ0v) is 18.2. The lowest BCUT2D eigenvalue weighted by atomic mass is 9.50. The molecule has 32 heavy (non-hydrogen) atoms. The molecule has 0 fully saturated rings. The van der Waals surface area contributed by atoms with Crippen LogP contribution in [-0.4, -0.2) is 52.3 Å². The van der Waals surface area contributed by atoms with Gasteiger partial charge >= 0.3 is 23.9 Å². The fraction of sp³-hybridized carbons (Fsp3) is 0.333. The van der Waals surface area contributed by atoms with Crippen LogP contribution in [0.1, 0.15) is 23.0 Å². The molecule has 4 atom stereocenters. The summed E-state index contributed by atoms with van der Waals surface area (Å²) in [5.41, 5.74) is -0.223. The molecule has 0 aromatic heterocycles. The van der Waals surface area contributed by atoms with Gasteiger partial charge in [-0.3, -0.25) is 14.4 Å². The molecule has 2 aliphatic rings. The molecule has 0 saturated heterocycles. The number of esters is 4. The van der Waals surface area contributed by atoms with Gasteiger partial charge in [-0.2, -0.15) is 0 Å². The van der Waals surface area contributed by atoms with Gasteiger partial charge in [0.15, 0.2) is 0 Å². The van der Waals surface area contributed by atoms with Gasteiger partial charge in [0.05, 0.1) is 46.2 Å². The lowest BCUT2D eigenvalue weighted by Crippen LogP contribution is -2.52. The van der Waals surface area contributed by atoms with Crippen molar-refractivity contribution in [1.29, 1.82) is 0 Å². The minimum Gasteiger partial charge on any atom is -0.469 e. The van der Waals surface area contributed by atoms with Crippen molar-refractivity contribution in [1.82, 2.24) is 0 Å². The van der Waals surface area contributed by atoms with Crippen LogP contribution in [0.15, 0.2) is 60.2 Å². The quantitative estimate of drug-likeness (QED) is 0.399. The molecule has 1 aromatic rings. The fourth-order valence-electron chi connectivity index (χ4n) is 4.76. The van der Waals surface area contributed by atoms with E-state index in [1.54, 1.807) is 48.6 Å². The highest BCUT2D eigenvalue weighted by atomic mass is 16.5. The summed E-state index contributed by atoms with van der Waals surface area (Å²) >= 11 is 0. The molecular formula is C24H24O8. The van der Waals surface area contributed by atoms with Crippen LogP contribution < -0.4 is 0 Å². The molecule has 1 spiro atoms. The van der Waals surface area contributed by atoms with Crippen LogP contribution in [-0.2, 0) is 38.1 Å². The molecule has 3 rings (SSSR count). The molecule has 1 aromatic carbocycles. The molecule has 0 saturated carbocycles. The van der Waals surface area contributed by atoms with Crippen LogP contribution in [0.25, 0.3) is 0 Å². The van der Waals surface area contributed by atoms with Crippen LogP contribution in [0.3, 0.4) is 0 Å². The van der Waals surface area contributed by atoms with E-state index >= 15 is 0 Å². The minimum absolute atomic E-state index is 0.307. The molecule has 8 nitrogen and oxygen atoms in total. The first-order valence-electron chi connectivity index (χ1n) is 9.85. The van der Waals surface area contributed by atoms with E-state index in [9.17, 15) is 19.2 Å². The number of rotatable bonds is 4. The van der Waals surface area contributed by atoms with Crippen molar-refractivity contribution in [3.8, 4) is 0 Å². The predicted molar refractivity (Wildman–Crippen MR) is 112 cm³/mol. The Hall–Kier alpha value is -3.68. The molecule has 0 amide bonds. The van der Waals surface area contributed by atoms with Gasteiger partial charge in [-0.05, 0) is 16.7 Å². The minimum atomic E-state index is -1.48. The van der Waals surface area contributed by atoms with Gasteiger partial charge in [0.1, 0.15) is 0 Å². The van der Waals surface area contributed by atoms with Gasteiger partial charge in [0, 0.05) is 11.5 Å². The van der Waals surface area contributed by atoms with Crippen LogP contribution in [0.4, 0.5) is 0 Å². The van der Waals surface area contributed by atoms with Crippen LogP contribution in [0.2, 0.25) is 0 Å². The van der Waals surface area contributed by atoms with Gasteiger partial charge in [-0.1, -0.05) is 48.6 Å². The first-order valence-corrected chi connectivity index (χ1v) is 9.85. The zero-order chi connectivity index (χ0) is 23.5. The van der Waals surface area contributed by atoms with E-state index in [0.29, 0.717) is 16.7 Å². The lowest BCUT2D eigenvalue weighted by Gasteiger charge is -2.50. The van der Waals surface area contributed by atoms with Gasteiger partial charge in [0.2, 0.25) is 0 Å². The standard InChI is InChI=1S/C24H24O8/c1-29-17(25)13-14-9-7-8-12-24(14)19(22(27)31-3)16-11-6-5-10-15(16)18(21(26)30-2)20(24)23(28)32-4/h5-13,18-20H,1-4H3. The maximum Gasteiger partial charge on any atom is 0.330 e. The van der Waals surface area contributed by atoms with Crippen molar-refractivity contribution in [2.45, 2.75) is 11.8 Å². The van der Waals surface area contributed by atoms with E-state index in [1.807, 2.05) is 0 Å². The largest absolute Gasteiger partial charge is 0.469 e. The number of benzene rings is 1. The van der Waals surface area contributed by atoms with E-state index in [1.165, 1.54) is 34.5 Å². The SMILES string of the molecule is COC(=O)C=C1C=CC=CC12C(C(=O)OC)c1ccccc1C(C(=O)OC)C2C(=O)OC. The second-order valence-electron chi connectivity index (χ2n) is 7.36. The molecule has 0 heterocycles. The Balaban J connectivity index is 2.48. The number of carbonyl (C=O) groups is 4. The van der Waals surface area contributed by atoms with Gasteiger partial charge in [-0.25, -0.2) is 4.79 Å². The highest BCUT2D eigenvalue weighted by molar-refractivity contribution is 5.94. The third-order valence-electron chi connectivity index (χ3n) is 6.05.